The van der Waals surface area contributed by atoms with E-state index in [-0.39, 0.29) is 17.4 Å². The number of hydrogen-bond acceptors (Lipinski definition) is 6. The molecule has 1 unspecified atom stereocenters. The number of ether oxygens (including phenoxy) is 1. The number of benzene rings is 1. The van der Waals surface area contributed by atoms with Crippen LogP contribution < -0.4 is 10.2 Å². The van der Waals surface area contributed by atoms with Crippen molar-refractivity contribution in [3.63, 3.8) is 0 Å². The zero-order chi connectivity index (χ0) is 26.8. The molecule has 6 rings (SSSR count). The predicted octanol–water partition coefficient (Wildman–Crippen LogP) is 4.86. The summed E-state index contributed by atoms with van der Waals surface area (Å²) < 4.78 is 44.9. The lowest BCUT2D eigenvalue weighted by Gasteiger charge is -2.56. The van der Waals surface area contributed by atoms with Gasteiger partial charge in [0, 0.05) is 48.2 Å². The summed E-state index contributed by atoms with van der Waals surface area (Å²) in [6, 6.07) is 8.26. The van der Waals surface area contributed by atoms with Gasteiger partial charge in [0.2, 0.25) is 0 Å². The molecule has 1 amide bonds. The Hall–Kier alpha value is -3.50. The van der Waals surface area contributed by atoms with E-state index in [1.165, 1.54) is 0 Å². The van der Waals surface area contributed by atoms with Crippen molar-refractivity contribution in [3.05, 3.63) is 71.2 Å². The highest BCUT2D eigenvalue weighted by atomic mass is 19.4. The van der Waals surface area contributed by atoms with E-state index in [0.29, 0.717) is 43.5 Å². The van der Waals surface area contributed by atoms with Crippen molar-refractivity contribution in [3.8, 4) is 11.1 Å². The molecular weight excluding hydrogens is 497 g/mol. The molecule has 2 fully saturated rings. The number of aliphatic hydroxyl groups excluding tert-OH is 1. The molecule has 4 heterocycles. The summed E-state index contributed by atoms with van der Waals surface area (Å²) in [5.41, 5.74) is 3.06. The number of alkyl halides is 3. The normalized spacial score (nSPS) is 25.7. The van der Waals surface area contributed by atoms with Crippen LogP contribution in [0.1, 0.15) is 39.9 Å². The molecule has 0 radical (unpaired) electrons. The molecule has 1 saturated heterocycles. The van der Waals surface area contributed by atoms with Crippen molar-refractivity contribution in [2.75, 3.05) is 30.0 Å². The van der Waals surface area contributed by atoms with E-state index in [2.05, 4.69) is 16.4 Å². The van der Waals surface area contributed by atoms with Gasteiger partial charge in [-0.15, -0.1) is 0 Å². The van der Waals surface area contributed by atoms with Crippen LogP contribution in [0.4, 0.5) is 24.7 Å². The van der Waals surface area contributed by atoms with Gasteiger partial charge in [-0.2, -0.15) is 13.2 Å². The van der Waals surface area contributed by atoms with Crippen LogP contribution in [0.2, 0.25) is 0 Å². The van der Waals surface area contributed by atoms with E-state index in [1.54, 1.807) is 18.3 Å². The monoisotopic (exact) mass is 524 g/mol. The van der Waals surface area contributed by atoms with Gasteiger partial charge >= 0.3 is 6.18 Å². The molecule has 1 aliphatic carbocycles. The van der Waals surface area contributed by atoms with Crippen molar-refractivity contribution in [1.82, 2.24) is 9.97 Å². The highest BCUT2D eigenvalue weighted by Crippen LogP contribution is 2.61. The Kier molecular flexibility index (Phi) is 5.92. The van der Waals surface area contributed by atoms with Crippen molar-refractivity contribution in [2.45, 2.75) is 32.2 Å². The molecule has 3 aromatic rings. The summed E-state index contributed by atoms with van der Waals surface area (Å²) in [6.07, 6.45) is -1.62. The fourth-order valence-corrected chi connectivity index (χ4v) is 6.31. The molecule has 5 atom stereocenters. The van der Waals surface area contributed by atoms with Gasteiger partial charge in [-0.3, -0.25) is 9.78 Å². The number of carbonyl (C=O) groups excluding carboxylic acids is 1. The molecule has 0 bridgehead atoms. The number of halogens is 3. The average Bonchev–Trinajstić information content (AvgIpc) is 3.28. The highest BCUT2D eigenvalue weighted by Gasteiger charge is 2.60. The van der Waals surface area contributed by atoms with E-state index < -0.39 is 23.9 Å². The van der Waals surface area contributed by atoms with E-state index in [0.717, 1.165) is 40.3 Å². The second kappa shape index (κ2) is 9.06. The minimum Gasteiger partial charge on any atom is -0.381 e. The molecule has 2 N–H and O–H groups in total. The summed E-state index contributed by atoms with van der Waals surface area (Å²) >= 11 is 0. The molecule has 1 aromatic carbocycles. The van der Waals surface area contributed by atoms with Gasteiger partial charge in [0.15, 0.2) is 0 Å². The van der Waals surface area contributed by atoms with Crippen LogP contribution in [0, 0.1) is 24.7 Å². The van der Waals surface area contributed by atoms with Gasteiger partial charge in [-0.05, 0) is 66.6 Å². The molecule has 0 spiro atoms. The predicted molar refractivity (Wildman–Crippen MR) is 135 cm³/mol. The van der Waals surface area contributed by atoms with Crippen LogP contribution in [-0.4, -0.2) is 47.0 Å². The van der Waals surface area contributed by atoms with Crippen molar-refractivity contribution in [1.29, 1.82) is 0 Å². The van der Waals surface area contributed by atoms with Crippen LogP contribution in [0.25, 0.3) is 11.1 Å². The molecule has 2 aromatic heterocycles. The Balaban J connectivity index is 1.32. The number of rotatable bonds is 4. The Morgan fingerprint density at radius 1 is 1.16 bits per heavy atom. The highest BCUT2D eigenvalue weighted by molar-refractivity contribution is 6.04. The van der Waals surface area contributed by atoms with Crippen molar-refractivity contribution >= 4 is 17.4 Å². The van der Waals surface area contributed by atoms with E-state index in [1.807, 2.05) is 24.8 Å². The standard InChI is InChI=1S/C28H27F3N4O3/c1-3-35-25-20(23-21-12-38-13-22(21)24(23)27(35)37)7-15(10-33-25)19-8-18(5-4-14(19)2)34-26(36)16-6-17(11-32-9-16)28(29,30)31/h4-11,21-24,27,37H,3,12-13H2,1-2H3,(H,34,36)/t21-,22+,23+,24-,27?/m1/s1. The maximum absolute atomic E-state index is 13.1. The molecule has 38 heavy (non-hydrogen) atoms. The number of carbonyl (C=O) groups is 1. The molecule has 1 saturated carbocycles. The number of aryl methyl sites for hydroxylation is 1. The summed E-state index contributed by atoms with van der Waals surface area (Å²) in [4.78, 5) is 23.0. The summed E-state index contributed by atoms with van der Waals surface area (Å²) in [5, 5.41) is 13.8. The van der Waals surface area contributed by atoms with Crippen LogP contribution in [-0.2, 0) is 10.9 Å². The minimum atomic E-state index is -4.59. The van der Waals surface area contributed by atoms with Crippen molar-refractivity contribution < 1.29 is 27.8 Å². The summed E-state index contributed by atoms with van der Waals surface area (Å²) in [7, 11) is 0. The first-order valence-corrected chi connectivity index (χ1v) is 12.6. The summed E-state index contributed by atoms with van der Waals surface area (Å²) in [6.45, 7) is 5.93. The molecule has 10 heteroatoms. The number of fused-ring (bicyclic) bond motifs is 6. The van der Waals surface area contributed by atoms with Gasteiger partial charge in [-0.1, -0.05) is 6.07 Å². The second-order valence-corrected chi connectivity index (χ2v) is 10.2. The number of pyridine rings is 2. The number of nitrogens with zero attached hydrogens (tertiary/aromatic N) is 3. The van der Waals surface area contributed by atoms with Crippen molar-refractivity contribution in [2.24, 2.45) is 17.8 Å². The lowest BCUT2D eigenvalue weighted by atomic mass is 9.53. The summed E-state index contributed by atoms with van der Waals surface area (Å²) in [5.74, 6) is 1.07. The lowest BCUT2D eigenvalue weighted by molar-refractivity contribution is -0.137. The zero-order valence-electron chi connectivity index (χ0n) is 20.9. The average molecular weight is 525 g/mol. The molecule has 198 valence electrons. The van der Waals surface area contributed by atoms with Crippen LogP contribution in [0.5, 0.6) is 0 Å². The molecule has 2 aliphatic heterocycles. The van der Waals surface area contributed by atoms with Gasteiger partial charge < -0.3 is 20.1 Å². The van der Waals surface area contributed by atoms with E-state index in [9.17, 15) is 23.1 Å². The Morgan fingerprint density at radius 3 is 2.71 bits per heavy atom. The Bertz CT molecular complexity index is 1410. The third-order valence-corrected chi connectivity index (χ3v) is 8.21. The van der Waals surface area contributed by atoms with Gasteiger partial charge in [-0.25, -0.2) is 4.98 Å². The van der Waals surface area contributed by atoms with Crippen LogP contribution in [0.15, 0.2) is 48.9 Å². The fraction of sp³-hybridized carbons (Fsp3) is 0.393. The number of anilines is 2. The number of aliphatic hydroxyl groups is 1. The number of nitrogens with one attached hydrogen (secondary N) is 1. The first kappa shape index (κ1) is 24.8. The number of amides is 1. The lowest BCUT2D eigenvalue weighted by Crippen LogP contribution is -2.59. The second-order valence-electron chi connectivity index (χ2n) is 10.2. The molecular formula is C28H27F3N4O3. The Labute approximate surface area is 217 Å². The third-order valence-electron chi connectivity index (χ3n) is 8.21. The number of aromatic nitrogens is 2. The van der Waals surface area contributed by atoms with Gasteiger partial charge in [0.05, 0.1) is 24.3 Å². The van der Waals surface area contributed by atoms with E-state index >= 15 is 0 Å². The quantitative estimate of drug-likeness (QED) is 0.507. The maximum atomic E-state index is 13.1. The smallest absolute Gasteiger partial charge is 0.381 e. The fourth-order valence-electron chi connectivity index (χ4n) is 6.31. The van der Waals surface area contributed by atoms with Gasteiger partial charge in [0.1, 0.15) is 12.0 Å². The third kappa shape index (κ3) is 3.94. The minimum absolute atomic E-state index is 0.0970. The number of hydrogen-bond donors (Lipinski definition) is 2. The van der Waals surface area contributed by atoms with Gasteiger partial charge in [0.25, 0.3) is 5.91 Å². The zero-order valence-corrected chi connectivity index (χ0v) is 20.9. The first-order valence-electron chi connectivity index (χ1n) is 12.6. The molecule has 3 aliphatic rings. The largest absolute Gasteiger partial charge is 0.417 e. The SMILES string of the molecule is CCN1c2ncc(-c3cc(NC(=O)c4cncc(C(F)(F)F)c4)ccc3C)cc2[C@H]2[C@@H]3COC[C@@H]3[C@H]2C1O. The topological polar surface area (TPSA) is 87.6 Å². The van der Waals surface area contributed by atoms with Crippen LogP contribution in [0.3, 0.4) is 0 Å². The Morgan fingerprint density at radius 2 is 1.95 bits per heavy atom. The van der Waals surface area contributed by atoms with Crippen LogP contribution >= 0.6 is 0 Å². The molecule has 7 nitrogen and oxygen atoms in total. The van der Waals surface area contributed by atoms with E-state index in [4.69, 9.17) is 9.72 Å². The maximum Gasteiger partial charge on any atom is 0.417 e. The first-order chi connectivity index (χ1) is 18.2.